The van der Waals surface area contributed by atoms with Crippen molar-refractivity contribution in [2.45, 2.75) is 25.3 Å². The average Bonchev–Trinajstić information content (AvgIpc) is 3.08. The Bertz CT molecular complexity index is 546. The number of nitrogens with zero attached hydrogens (tertiary/aromatic N) is 1. The van der Waals surface area contributed by atoms with Gasteiger partial charge in [0.2, 0.25) is 0 Å². The highest BCUT2D eigenvalue weighted by atomic mass is 79.9. The van der Waals surface area contributed by atoms with Crippen LogP contribution in [0.4, 0.5) is 0 Å². The number of halogens is 1. The molecule has 0 atom stereocenters. The van der Waals surface area contributed by atoms with Crippen molar-refractivity contribution < 1.29 is 4.42 Å². The van der Waals surface area contributed by atoms with Crippen LogP contribution in [-0.2, 0) is 6.54 Å². The first-order chi connectivity index (χ1) is 8.28. The number of aromatic nitrogens is 1. The van der Waals surface area contributed by atoms with Crippen LogP contribution in [0.1, 0.15) is 30.2 Å². The molecule has 3 nitrogen and oxygen atoms in total. The lowest BCUT2D eigenvalue weighted by atomic mass is 10.1. The fourth-order valence-electron chi connectivity index (χ4n) is 1.83. The number of oxazole rings is 1. The van der Waals surface area contributed by atoms with Crippen molar-refractivity contribution in [3.63, 3.8) is 0 Å². The minimum Gasteiger partial charge on any atom is -0.448 e. The molecule has 1 saturated carbocycles. The molecule has 3 rings (SSSR count). The highest BCUT2D eigenvalue weighted by Gasteiger charge is 2.28. The van der Waals surface area contributed by atoms with Crippen LogP contribution >= 0.6 is 15.9 Å². The van der Waals surface area contributed by atoms with Crippen LogP contribution in [0.25, 0.3) is 11.3 Å². The van der Waals surface area contributed by atoms with E-state index in [4.69, 9.17) is 10.2 Å². The largest absolute Gasteiger partial charge is 0.448 e. The third-order valence-electron chi connectivity index (χ3n) is 3.01. The lowest BCUT2D eigenvalue weighted by Gasteiger charge is -2.03. The third-order valence-corrected chi connectivity index (χ3v) is 3.78. The maximum Gasteiger partial charge on any atom is 0.197 e. The quantitative estimate of drug-likeness (QED) is 0.943. The van der Waals surface area contributed by atoms with Gasteiger partial charge in [-0.1, -0.05) is 22.0 Å². The number of hydrogen-bond acceptors (Lipinski definition) is 3. The normalized spacial score (nSPS) is 15.2. The van der Waals surface area contributed by atoms with Crippen LogP contribution in [0.15, 0.2) is 33.4 Å². The standard InChI is InChI=1S/C13H13BrN2O/c14-11-4-3-9(5-10(11)6-15)12-7-17-13(16-12)8-1-2-8/h3-5,7-8H,1-2,6,15H2. The third kappa shape index (κ3) is 2.15. The lowest BCUT2D eigenvalue weighted by molar-refractivity contribution is 0.497. The van der Waals surface area contributed by atoms with E-state index < -0.39 is 0 Å². The smallest absolute Gasteiger partial charge is 0.197 e. The van der Waals surface area contributed by atoms with Gasteiger partial charge < -0.3 is 10.2 Å². The zero-order valence-corrected chi connectivity index (χ0v) is 10.9. The van der Waals surface area contributed by atoms with Crippen LogP contribution in [0.5, 0.6) is 0 Å². The van der Waals surface area contributed by atoms with Crippen molar-refractivity contribution in [2.75, 3.05) is 0 Å². The summed E-state index contributed by atoms with van der Waals surface area (Å²) in [4.78, 5) is 4.52. The van der Waals surface area contributed by atoms with Gasteiger partial charge in [-0.3, -0.25) is 0 Å². The van der Waals surface area contributed by atoms with Crippen LogP contribution in [0, 0.1) is 0 Å². The molecule has 0 bridgehead atoms. The van der Waals surface area contributed by atoms with Crippen molar-refractivity contribution in [2.24, 2.45) is 5.73 Å². The Hall–Kier alpha value is -1.13. The van der Waals surface area contributed by atoms with E-state index in [1.165, 1.54) is 12.8 Å². The zero-order chi connectivity index (χ0) is 11.8. The van der Waals surface area contributed by atoms with E-state index in [1.807, 2.05) is 12.1 Å². The van der Waals surface area contributed by atoms with E-state index in [0.717, 1.165) is 27.2 Å². The summed E-state index contributed by atoms with van der Waals surface area (Å²) in [5.74, 6) is 1.42. The van der Waals surface area contributed by atoms with Gasteiger partial charge in [0.15, 0.2) is 5.89 Å². The molecule has 0 saturated heterocycles. The molecule has 88 valence electrons. The Morgan fingerprint density at radius 2 is 2.24 bits per heavy atom. The lowest BCUT2D eigenvalue weighted by Crippen LogP contribution is -1.97. The van der Waals surface area contributed by atoms with Crippen LogP contribution in [0.2, 0.25) is 0 Å². The second-order valence-corrected chi connectivity index (χ2v) is 5.21. The molecule has 0 radical (unpaired) electrons. The minimum absolute atomic E-state index is 0.516. The Balaban J connectivity index is 1.96. The molecule has 1 fully saturated rings. The molecule has 17 heavy (non-hydrogen) atoms. The summed E-state index contributed by atoms with van der Waals surface area (Å²) in [6.45, 7) is 0.516. The molecule has 1 aromatic carbocycles. The van der Waals surface area contributed by atoms with Crippen molar-refractivity contribution in [1.29, 1.82) is 0 Å². The molecule has 1 aromatic heterocycles. The van der Waals surface area contributed by atoms with Gasteiger partial charge in [-0.05, 0) is 30.5 Å². The Morgan fingerprint density at radius 1 is 1.41 bits per heavy atom. The number of nitrogens with two attached hydrogens (primary N) is 1. The molecule has 1 aliphatic carbocycles. The van der Waals surface area contributed by atoms with E-state index >= 15 is 0 Å². The Morgan fingerprint density at radius 3 is 2.94 bits per heavy atom. The summed E-state index contributed by atoms with van der Waals surface area (Å²) in [5, 5.41) is 0. The molecule has 4 heteroatoms. The second kappa shape index (κ2) is 4.27. The molecule has 2 aromatic rings. The van der Waals surface area contributed by atoms with Crippen molar-refractivity contribution in [1.82, 2.24) is 4.98 Å². The molecule has 0 spiro atoms. The van der Waals surface area contributed by atoms with Crippen LogP contribution in [-0.4, -0.2) is 4.98 Å². The summed E-state index contributed by atoms with van der Waals surface area (Å²) < 4.78 is 6.53. The van der Waals surface area contributed by atoms with Crippen molar-refractivity contribution >= 4 is 15.9 Å². The van der Waals surface area contributed by atoms with Gasteiger partial charge in [-0.2, -0.15) is 0 Å². The first-order valence-electron chi connectivity index (χ1n) is 5.72. The summed E-state index contributed by atoms with van der Waals surface area (Å²) >= 11 is 3.48. The predicted molar refractivity (Wildman–Crippen MR) is 69.5 cm³/mol. The topological polar surface area (TPSA) is 52.0 Å². The number of rotatable bonds is 3. The number of hydrogen-bond donors (Lipinski definition) is 1. The first-order valence-corrected chi connectivity index (χ1v) is 6.51. The SMILES string of the molecule is NCc1cc(-c2coc(C3CC3)n2)ccc1Br. The maximum atomic E-state index is 5.69. The van der Waals surface area contributed by atoms with Gasteiger partial charge in [0, 0.05) is 22.5 Å². The monoisotopic (exact) mass is 292 g/mol. The molecule has 2 N–H and O–H groups in total. The molecule has 0 unspecified atom stereocenters. The van der Waals surface area contributed by atoms with Crippen molar-refractivity contribution in [3.8, 4) is 11.3 Å². The zero-order valence-electron chi connectivity index (χ0n) is 9.32. The summed E-state index contributed by atoms with van der Waals surface area (Å²) in [6, 6.07) is 6.08. The van der Waals surface area contributed by atoms with E-state index in [2.05, 4.69) is 27.0 Å². The van der Waals surface area contributed by atoms with Gasteiger partial charge in [0.05, 0.1) is 0 Å². The van der Waals surface area contributed by atoms with Gasteiger partial charge in [-0.15, -0.1) is 0 Å². The van der Waals surface area contributed by atoms with Gasteiger partial charge in [0.1, 0.15) is 12.0 Å². The first kappa shape index (κ1) is 11.0. The molecule has 0 aliphatic heterocycles. The van der Waals surface area contributed by atoms with Crippen LogP contribution in [0.3, 0.4) is 0 Å². The van der Waals surface area contributed by atoms with E-state index in [-0.39, 0.29) is 0 Å². The second-order valence-electron chi connectivity index (χ2n) is 4.36. The number of benzene rings is 1. The van der Waals surface area contributed by atoms with Gasteiger partial charge in [-0.25, -0.2) is 4.98 Å². The Labute approximate surface area is 108 Å². The fraction of sp³-hybridized carbons (Fsp3) is 0.308. The summed E-state index contributed by atoms with van der Waals surface area (Å²) in [5.41, 5.74) is 8.73. The molecule has 1 aliphatic rings. The fourth-order valence-corrected chi connectivity index (χ4v) is 2.24. The summed E-state index contributed by atoms with van der Waals surface area (Å²) in [7, 11) is 0. The minimum atomic E-state index is 0.516. The average molecular weight is 293 g/mol. The highest BCUT2D eigenvalue weighted by molar-refractivity contribution is 9.10. The van der Waals surface area contributed by atoms with Crippen molar-refractivity contribution in [3.05, 3.63) is 40.4 Å². The maximum absolute atomic E-state index is 5.69. The van der Waals surface area contributed by atoms with E-state index in [0.29, 0.717) is 12.5 Å². The van der Waals surface area contributed by atoms with E-state index in [1.54, 1.807) is 6.26 Å². The van der Waals surface area contributed by atoms with Gasteiger partial charge >= 0.3 is 0 Å². The molecular formula is C13H13BrN2O. The molecular weight excluding hydrogens is 280 g/mol. The predicted octanol–water partition coefficient (Wildman–Crippen LogP) is 3.44. The van der Waals surface area contributed by atoms with Crippen LogP contribution < -0.4 is 5.73 Å². The highest BCUT2D eigenvalue weighted by Crippen LogP contribution is 2.40. The summed E-state index contributed by atoms with van der Waals surface area (Å²) in [6.07, 6.45) is 4.14. The molecule has 0 amide bonds. The van der Waals surface area contributed by atoms with E-state index in [9.17, 15) is 0 Å². The Kier molecular flexibility index (Phi) is 2.76. The molecule has 1 heterocycles. The van der Waals surface area contributed by atoms with Gasteiger partial charge in [0.25, 0.3) is 0 Å².